The summed E-state index contributed by atoms with van der Waals surface area (Å²) in [4.78, 5) is 51.7. The molecule has 0 fully saturated rings. The summed E-state index contributed by atoms with van der Waals surface area (Å²) in [6.07, 6.45) is -0.211. The van der Waals surface area contributed by atoms with E-state index < -0.39 is 30.5 Å². The van der Waals surface area contributed by atoms with Gasteiger partial charge in [0.25, 0.3) is 0 Å². The molecule has 0 aliphatic carbocycles. The van der Waals surface area contributed by atoms with Crippen molar-refractivity contribution in [2.24, 2.45) is 0 Å². The van der Waals surface area contributed by atoms with Crippen LogP contribution in [0.5, 0.6) is 11.5 Å². The van der Waals surface area contributed by atoms with E-state index in [1.807, 2.05) is 0 Å². The van der Waals surface area contributed by atoms with Crippen LogP contribution in [0.2, 0.25) is 0 Å². The van der Waals surface area contributed by atoms with Crippen molar-refractivity contribution in [1.29, 1.82) is 0 Å². The predicted molar refractivity (Wildman–Crippen MR) is 149 cm³/mol. The van der Waals surface area contributed by atoms with Crippen LogP contribution >= 0.6 is 7.14 Å². The van der Waals surface area contributed by atoms with Gasteiger partial charge in [0.05, 0.1) is 12.5 Å². The molecule has 3 aromatic rings. The van der Waals surface area contributed by atoms with Gasteiger partial charge in [0.15, 0.2) is 0 Å². The van der Waals surface area contributed by atoms with Crippen molar-refractivity contribution in [3.05, 3.63) is 114 Å². The number of benzene rings is 3. The molecule has 0 bridgehead atoms. The van der Waals surface area contributed by atoms with Crippen LogP contribution < -0.4 is 14.8 Å². The standard InChI is InChI=1S/C30H27O9P/c1-7-36-29(33)38-22-14-18(3)25(19(4)15-22)27(31)40(35,24-12-10-9-11-13-24)28(32)26-20(5)16-23(17-21(26)6)39-30(34)37-8-2/h7-17H,1-2H2,3-6H3. The van der Waals surface area contributed by atoms with Gasteiger partial charge in [-0.25, -0.2) is 9.59 Å². The minimum Gasteiger partial charge on any atom is -0.403 e. The van der Waals surface area contributed by atoms with Crippen LogP contribution in [0.1, 0.15) is 43.0 Å². The number of carbonyl (C=O) groups is 4. The average molecular weight is 563 g/mol. The van der Waals surface area contributed by atoms with E-state index >= 15 is 0 Å². The van der Waals surface area contributed by atoms with E-state index in [1.165, 1.54) is 36.4 Å². The molecule has 206 valence electrons. The Hall–Kier alpha value is -4.75. The normalized spacial score (nSPS) is 10.7. The van der Waals surface area contributed by atoms with E-state index in [0.717, 1.165) is 12.5 Å². The molecule has 0 radical (unpaired) electrons. The van der Waals surface area contributed by atoms with Gasteiger partial charge in [0.1, 0.15) is 11.5 Å². The van der Waals surface area contributed by atoms with Gasteiger partial charge >= 0.3 is 12.3 Å². The average Bonchev–Trinajstić information content (AvgIpc) is 2.88. The van der Waals surface area contributed by atoms with Crippen LogP contribution in [0, 0.1) is 27.7 Å². The first kappa shape index (κ1) is 29.8. The van der Waals surface area contributed by atoms with E-state index in [-0.39, 0.29) is 27.9 Å². The maximum atomic E-state index is 14.8. The first-order chi connectivity index (χ1) is 18.9. The molecular weight excluding hydrogens is 535 g/mol. The second kappa shape index (κ2) is 12.4. The second-order valence-electron chi connectivity index (χ2n) is 8.69. The van der Waals surface area contributed by atoms with Crippen LogP contribution in [0.25, 0.3) is 0 Å². The van der Waals surface area contributed by atoms with Crippen molar-refractivity contribution in [2.45, 2.75) is 27.7 Å². The molecule has 0 saturated heterocycles. The van der Waals surface area contributed by atoms with E-state index in [9.17, 15) is 23.7 Å². The van der Waals surface area contributed by atoms with Crippen LogP contribution in [-0.4, -0.2) is 23.4 Å². The number of carbonyl (C=O) groups excluding carboxylic acids is 4. The molecule has 0 N–H and O–H groups in total. The Morgan fingerprint density at radius 2 is 1.00 bits per heavy atom. The number of hydrogen-bond donors (Lipinski definition) is 0. The van der Waals surface area contributed by atoms with Gasteiger partial charge in [-0.3, -0.25) is 9.59 Å². The van der Waals surface area contributed by atoms with Crippen molar-refractivity contribution in [3.8, 4) is 11.5 Å². The predicted octanol–water partition coefficient (Wildman–Crippen LogP) is 6.91. The largest absolute Gasteiger partial charge is 0.518 e. The molecule has 0 aromatic heterocycles. The van der Waals surface area contributed by atoms with Crippen molar-refractivity contribution in [3.63, 3.8) is 0 Å². The Morgan fingerprint density at radius 1 is 0.650 bits per heavy atom. The minimum atomic E-state index is -4.48. The molecule has 9 nitrogen and oxygen atoms in total. The quantitative estimate of drug-likeness (QED) is 0.118. The summed E-state index contributed by atoms with van der Waals surface area (Å²) in [5.41, 5.74) is -0.247. The highest BCUT2D eigenvalue weighted by Crippen LogP contribution is 2.53. The van der Waals surface area contributed by atoms with Crippen LogP contribution in [0.3, 0.4) is 0 Å². The molecule has 0 spiro atoms. The van der Waals surface area contributed by atoms with Gasteiger partial charge in [0.2, 0.25) is 18.2 Å². The molecule has 10 heteroatoms. The zero-order valence-electron chi connectivity index (χ0n) is 22.4. The van der Waals surface area contributed by atoms with E-state index in [2.05, 4.69) is 22.6 Å². The molecule has 0 heterocycles. The number of aryl methyl sites for hydroxylation is 4. The number of rotatable bonds is 9. The van der Waals surface area contributed by atoms with Gasteiger partial charge in [-0.1, -0.05) is 43.5 Å². The summed E-state index contributed by atoms with van der Waals surface area (Å²) in [5.74, 6) is 0.188. The monoisotopic (exact) mass is 562 g/mol. The molecule has 3 rings (SSSR count). The maximum absolute atomic E-state index is 14.8. The fourth-order valence-electron chi connectivity index (χ4n) is 4.30. The zero-order valence-corrected chi connectivity index (χ0v) is 23.3. The lowest BCUT2D eigenvalue weighted by atomic mass is 10.0. The summed E-state index contributed by atoms with van der Waals surface area (Å²) in [7, 11) is -4.48. The first-order valence-corrected chi connectivity index (χ1v) is 13.6. The summed E-state index contributed by atoms with van der Waals surface area (Å²) >= 11 is 0. The molecule has 0 unspecified atom stereocenters. The van der Waals surface area contributed by atoms with Gasteiger partial charge < -0.3 is 23.5 Å². The maximum Gasteiger partial charge on any atom is 0.518 e. The fraction of sp³-hybridized carbons (Fsp3) is 0.133. The van der Waals surface area contributed by atoms with E-state index in [4.69, 9.17) is 9.47 Å². The third-order valence-corrected chi connectivity index (χ3v) is 8.51. The fourth-order valence-corrected chi connectivity index (χ4v) is 6.88. The molecule has 0 atom stereocenters. The van der Waals surface area contributed by atoms with E-state index in [1.54, 1.807) is 45.9 Å². The summed E-state index contributed by atoms with van der Waals surface area (Å²) in [6, 6.07) is 13.4. The second-order valence-corrected chi connectivity index (χ2v) is 11.2. The molecule has 0 aliphatic heterocycles. The number of ether oxygens (including phenoxy) is 4. The van der Waals surface area contributed by atoms with Gasteiger partial charge in [-0.15, -0.1) is 0 Å². The van der Waals surface area contributed by atoms with Crippen molar-refractivity contribution in [1.82, 2.24) is 0 Å². The molecule has 0 aliphatic rings. The molecule has 0 saturated carbocycles. The van der Waals surface area contributed by atoms with E-state index in [0.29, 0.717) is 22.3 Å². The third kappa shape index (κ3) is 6.11. The van der Waals surface area contributed by atoms with Crippen LogP contribution in [0.4, 0.5) is 9.59 Å². The lowest BCUT2D eigenvalue weighted by Gasteiger charge is -2.21. The SMILES string of the molecule is C=COC(=O)Oc1cc(C)c(C(=O)P(=O)(C(=O)c2c(C)cc(OC(=O)OC=C)cc2C)c2ccccc2)c(C)c1. The van der Waals surface area contributed by atoms with Gasteiger partial charge in [-0.05, 0) is 74.2 Å². The summed E-state index contributed by atoms with van der Waals surface area (Å²) < 4.78 is 34.1. The first-order valence-electron chi connectivity index (χ1n) is 11.9. The van der Waals surface area contributed by atoms with Crippen LogP contribution in [-0.2, 0) is 14.0 Å². The Morgan fingerprint density at radius 3 is 1.32 bits per heavy atom. The Labute approximate surface area is 231 Å². The summed E-state index contributed by atoms with van der Waals surface area (Å²) in [6.45, 7) is 12.9. The molecule has 0 amide bonds. The molecular formula is C30H27O9P. The molecule has 3 aromatic carbocycles. The minimum absolute atomic E-state index is 0.0624. The Bertz CT molecular complexity index is 1430. The lowest BCUT2D eigenvalue weighted by molar-refractivity contribution is 0.103. The Kier molecular flexibility index (Phi) is 9.24. The highest BCUT2D eigenvalue weighted by molar-refractivity contribution is 8.01. The van der Waals surface area contributed by atoms with Gasteiger partial charge in [-0.2, -0.15) is 0 Å². The lowest BCUT2D eigenvalue weighted by Crippen LogP contribution is -2.23. The Balaban J connectivity index is 2.14. The molecule has 40 heavy (non-hydrogen) atoms. The van der Waals surface area contributed by atoms with Crippen molar-refractivity contribution < 1.29 is 42.7 Å². The van der Waals surface area contributed by atoms with Gasteiger partial charge in [0, 0.05) is 16.4 Å². The van der Waals surface area contributed by atoms with Crippen molar-refractivity contribution >= 4 is 35.8 Å². The third-order valence-electron chi connectivity index (χ3n) is 5.89. The highest BCUT2D eigenvalue weighted by atomic mass is 31.2. The topological polar surface area (TPSA) is 122 Å². The van der Waals surface area contributed by atoms with Crippen molar-refractivity contribution in [2.75, 3.05) is 0 Å². The zero-order chi connectivity index (χ0) is 29.6. The smallest absolute Gasteiger partial charge is 0.403 e. The van der Waals surface area contributed by atoms with Crippen LogP contribution in [0.15, 0.2) is 80.3 Å². The number of hydrogen-bond acceptors (Lipinski definition) is 9. The highest BCUT2D eigenvalue weighted by Gasteiger charge is 2.44. The summed E-state index contributed by atoms with van der Waals surface area (Å²) in [5, 5.41) is 0.0624.